The van der Waals surface area contributed by atoms with Crippen LogP contribution in [-0.4, -0.2) is 50.7 Å². The van der Waals surface area contributed by atoms with Gasteiger partial charge in [-0.1, -0.05) is 0 Å². The quantitative estimate of drug-likeness (QED) is 0.767. The summed E-state index contributed by atoms with van der Waals surface area (Å²) in [6, 6.07) is 2.19. The average molecular weight is 262 g/mol. The Bertz CT molecular complexity index is 507. The summed E-state index contributed by atoms with van der Waals surface area (Å²) in [6.45, 7) is 0.407. The van der Waals surface area contributed by atoms with Gasteiger partial charge in [0.15, 0.2) is 0 Å². The predicted octanol–water partition coefficient (Wildman–Crippen LogP) is 0.678. The molecule has 2 aliphatic heterocycles. The smallest absolute Gasteiger partial charge is 0.324 e. The van der Waals surface area contributed by atoms with Crippen molar-refractivity contribution < 1.29 is 14.8 Å². The molecule has 1 aromatic heterocycles. The number of pyridine rings is 1. The Morgan fingerprint density at radius 1 is 1.37 bits per heavy atom. The molecule has 2 saturated heterocycles. The van der Waals surface area contributed by atoms with Gasteiger partial charge in [-0.3, -0.25) is 15.0 Å². The average Bonchev–Trinajstić information content (AvgIpc) is 2.65. The van der Waals surface area contributed by atoms with Gasteiger partial charge in [0.25, 0.3) is 0 Å². The van der Waals surface area contributed by atoms with Crippen molar-refractivity contribution in [1.29, 1.82) is 0 Å². The molecule has 0 aromatic carbocycles. The van der Waals surface area contributed by atoms with E-state index in [0.717, 1.165) is 5.06 Å². The molecule has 100 valence electrons. The first-order valence-electron chi connectivity index (χ1n) is 6.16. The number of fused-ring (bicyclic) bond motifs is 2. The third-order valence-corrected chi connectivity index (χ3v) is 3.60. The van der Waals surface area contributed by atoms with Crippen LogP contribution in [0.4, 0.5) is 10.5 Å². The highest BCUT2D eigenvalue weighted by atomic mass is 16.5. The van der Waals surface area contributed by atoms with Gasteiger partial charge < -0.3 is 10.2 Å². The topological polar surface area (TPSA) is 85.8 Å². The van der Waals surface area contributed by atoms with Gasteiger partial charge in [-0.25, -0.2) is 9.86 Å². The lowest BCUT2D eigenvalue weighted by Crippen LogP contribution is -2.47. The molecule has 2 fully saturated rings. The number of carbonyl (C=O) groups is 2. The Morgan fingerprint density at radius 2 is 2.11 bits per heavy atom. The number of nitrogens with zero attached hydrogens (tertiary/aromatic N) is 3. The van der Waals surface area contributed by atoms with Crippen LogP contribution in [0.3, 0.4) is 0 Å². The van der Waals surface area contributed by atoms with Crippen molar-refractivity contribution in [1.82, 2.24) is 14.9 Å². The molecule has 7 nitrogen and oxygen atoms in total. The molecule has 1 aromatic rings. The van der Waals surface area contributed by atoms with Crippen LogP contribution in [0.1, 0.15) is 12.8 Å². The Morgan fingerprint density at radius 3 is 2.84 bits per heavy atom. The van der Waals surface area contributed by atoms with Crippen molar-refractivity contribution in [3.8, 4) is 0 Å². The largest absolute Gasteiger partial charge is 0.344 e. The lowest BCUT2D eigenvalue weighted by Gasteiger charge is -2.29. The second-order valence-electron chi connectivity index (χ2n) is 4.75. The van der Waals surface area contributed by atoms with Gasteiger partial charge in [-0.05, 0) is 25.0 Å². The molecule has 19 heavy (non-hydrogen) atoms. The SMILES string of the molecule is O=C(Nc1ccncc1)[C@@H]1CC[C@@H]2CN1C(=O)N2O. The summed E-state index contributed by atoms with van der Waals surface area (Å²) < 4.78 is 0. The number of hydroxylamine groups is 2. The minimum Gasteiger partial charge on any atom is -0.324 e. The van der Waals surface area contributed by atoms with E-state index in [-0.39, 0.29) is 11.9 Å². The number of carbonyl (C=O) groups excluding carboxylic acids is 2. The molecule has 3 heterocycles. The molecular weight excluding hydrogens is 248 g/mol. The van der Waals surface area contributed by atoms with Crippen LogP contribution in [0.25, 0.3) is 0 Å². The fraction of sp³-hybridized carbons (Fsp3) is 0.417. The van der Waals surface area contributed by atoms with E-state index >= 15 is 0 Å². The van der Waals surface area contributed by atoms with E-state index in [1.807, 2.05) is 0 Å². The molecule has 0 aliphatic carbocycles. The second-order valence-corrected chi connectivity index (χ2v) is 4.75. The zero-order valence-corrected chi connectivity index (χ0v) is 10.2. The number of nitrogens with one attached hydrogen (secondary N) is 1. The van der Waals surface area contributed by atoms with Gasteiger partial charge in [-0.2, -0.15) is 0 Å². The number of aromatic nitrogens is 1. The van der Waals surface area contributed by atoms with Crippen LogP contribution in [0, 0.1) is 0 Å². The highest BCUT2D eigenvalue weighted by Gasteiger charge is 2.46. The van der Waals surface area contributed by atoms with Crippen molar-refractivity contribution in [2.24, 2.45) is 0 Å². The molecule has 0 radical (unpaired) electrons. The van der Waals surface area contributed by atoms with Crippen molar-refractivity contribution in [2.45, 2.75) is 24.9 Å². The summed E-state index contributed by atoms with van der Waals surface area (Å²) in [5.74, 6) is -0.228. The minimum absolute atomic E-state index is 0.183. The third-order valence-electron chi connectivity index (χ3n) is 3.60. The minimum atomic E-state index is -0.519. The van der Waals surface area contributed by atoms with E-state index in [9.17, 15) is 14.8 Å². The zero-order chi connectivity index (χ0) is 13.4. The highest BCUT2D eigenvalue weighted by molar-refractivity contribution is 5.97. The van der Waals surface area contributed by atoms with Crippen molar-refractivity contribution >= 4 is 17.6 Å². The maximum atomic E-state index is 12.2. The molecule has 2 N–H and O–H groups in total. The van der Waals surface area contributed by atoms with Crippen LogP contribution in [0.2, 0.25) is 0 Å². The number of urea groups is 1. The Labute approximate surface area is 109 Å². The summed E-state index contributed by atoms with van der Waals surface area (Å²) in [7, 11) is 0. The molecule has 0 spiro atoms. The molecule has 3 rings (SSSR count). The molecule has 2 aliphatic rings. The molecule has 0 saturated carbocycles. The molecule has 7 heteroatoms. The fourth-order valence-electron chi connectivity index (χ4n) is 2.58. The van der Waals surface area contributed by atoms with Crippen LogP contribution < -0.4 is 5.32 Å². The summed E-state index contributed by atoms with van der Waals surface area (Å²) >= 11 is 0. The first kappa shape index (κ1) is 11.9. The normalized spacial score (nSPS) is 25.6. The summed E-state index contributed by atoms with van der Waals surface area (Å²) in [5.41, 5.74) is 0.648. The van der Waals surface area contributed by atoms with Crippen LogP contribution in [0.5, 0.6) is 0 Å². The molecule has 2 bridgehead atoms. The van der Waals surface area contributed by atoms with Crippen LogP contribution in [-0.2, 0) is 4.79 Å². The van der Waals surface area contributed by atoms with Crippen molar-refractivity contribution in [3.05, 3.63) is 24.5 Å². The first-order valence-corrected chi connectivity index (χ1v) is 6.16. The summed E-state index contributed by atoms with van der Waals surface area (Å²) in [5, 5.41) is 13.1. The summed E-state index contributed by atoms with van der Waals surface area (Å²) in [6.07, 6.45) is 4.36. The van der Waals surface area contributed by atoms with E-state index in [1.54, 1.807) is 24.5 Å². The van der Waals surface area contributed by atoms with E-state index in [0.29, 0.717) is 25.1 Å². The van der Waals surface area contributed by atoms with E-state index in [1.165, 1.54) is 4.90 Å². The number of piperidine rings is 1. The van der Waals surface area contributed by atoms with E-state index in [2.05, 4.69) is 10.3 Å². The highest BCUT2D eigenvalue weighted by Crippen LogP contribution is 2.28. The lowest BCUT2D eigenvalue weighted by molar-refractivity contribution is -0.120. The molecule has 2 atom stereocenters. The van der Waals surface area contributed by atoms with Gasteiger partial charge in [0, 0.05) is 24.6 Å². The monoisotopic (exact) mass is 262 g/mol. The number of hydrogen-bond acceptors (Lipinski definition) is 4. The maximum absolute atomic E-state index is 12.2. The Hall–Kier alpha value is -2.15. The van der Waals surface area contributed by atoms with Gasteiger partial charge in [-0.15, -0.1) is 0 Å². The lowest BCUT2D eigenvalue weighted by atomic mass is 10.0. The van der Waals surface area contributed by atoms with Gasteiger partial charge >= 0.3 is 6.03 Å². The Kier molecular flexibility index (Phi) is 2.83. The number of hydrogen-bond donors (Lipinski definition) is 2. The second kappa shape index (κ2) is 4.51. The molecule has 0 unspecified atom stereocenters. The molecular formula is C12H14N4O3. The van der Waals surface area contributed by atoms with Crippen LogP contribution in [0.15, 0.2) is 24.5 Å². The number of amides is 3. The molecule has 3 amide bonds. The summed E-state index contributed by atoms with van der Waals surface area (Å²) in [4.78, 5) is 29.2. The third kappa shape index (κ3) is 2.01. The predicted molar refractivity (Wildman–Crippen MR) is 65.4 cm³/mol. The van der Waals surface area contributed by atoms with Crippen LogP contribution >= 0.6 is 0 Å². The van der Waals surface area contributed by atoms with E-state index in [4.69, 9.17) is 0 Å². The number of anilines is 1. The first-order chi connectivity index (χ1) is 9.16. The zero-order valence-electron chi connectivity index (χ0n) is 10.2. The standard InChI is InChI=1S/C12H14N4O3/c17-11(14-8-3-5-13-6-4-8)10-2-1-9-7-15(10)12(18)16(9)19/h3-6,9-10,19H,1-2,7H2,(H,13,14,17)/t9-,10+/m1/s1. The Balaban J connectivity index is 1.73. The fourth-order valence-corrected chi connectivity index (χ4v) is 2.58. The van der Waals surface area contributed by atoms with Crippen molar-refractivity contribution in [2.75, 3.05) is 11.9 Å². The van der Waals surface area contributed by atoms with Gasteiger partial charge in [0.2, 0.25) is 5.91 Å². The number of rotatable bonds is 2. The van der Waals surface area contributed by atoms with Gasteiger partial charge in [0.05, 0.1) is 6.04 Å². The van der Waals surface area contributed by atoms with Gasteiger partial charge in [0.1, 0.15) is 6.04 Å². The maximum Gasteiger partial charge on any atom is 0.344 e. The van der Waals surface area contributed by atoms with Crippen molar-refractivity contribution in [3.63, 3.8) is 0 Å². The van der Waals surface area contributed by atoms with E-state index < -0.39 is 12.1 Å².